The highest BCUT2D eigenvalue weighted by Crippen LogP contribution is 2.38. The van der Waals surface area contributed by atoms with Gasteiger partial charge in [-0.3, -0.25) is 19.1 Å². The highest BCUT2D eigenvalue weighted by Gasteiger charge is 2.25. The van der Waals surface area contributed by atoms with Gasteiger partial charge in [0.25, 0.3) is 11.5 Å². The number of hydrogen-bond donors (Lipinski definition) is 1. The van der Waals surface area contributed by atoms with Crippen molar-refractivity contribution in [3.05, 3.63) is 51.4 Å². The lowest BCUT2D eigenvalue weighted by atomic mass is 9.93. The summed E-state index contributed by atoms with van der Waals surface area (Å²) in [6, 6.07) is 7.20. The quantitative estimate of drug-likeness (QED) is 0.281. The number of nitrogens with one attached hydrogen (secondary N) is 1. The molecule has 228 valence electrons. The molecule has 0 saturated carbocycles. The van der Waals surface area contributed by atoms with Crippen LogP contribution in [0.3, 0.4) is 0 Å². The van der Waals surface area contributed by atoms with Crippen molar-refractivity contribution in [1.29, 1.82) is 5.26 Å². The maximum atomic E-state index is 14.0. The first-order valence-electron chi connectivity index (χ1n) is 14.1. The van der Waals surface area contributed by atoms with Crippen LogP contribution >= 0.6 is 11.6 Å². The van der Waals surface area contributed by atoms with Gasteiger partial charge in [-0.05, 0) is 30.5 Å². The Labute approximate surface area is 256 Å². The number of amides is 1. The molecule has 3 aromatic rings. The second kappa shape index (κ2) is 13.4. The molecule has 43 heavy (non-hydrogen) atoms. The second-order valence-electron chi connectivity index (χ2n) is 11.5. The van der Waals surface area contributed by atoms with E-state index >= 15 is 0 Å². The van der Waals surface area contributed by atoms with Crippen LogP contribution in [-0.4, -0.2) is 84.2 Å². The fraction of sp³-hybridized carbons (Fsp3) is 0.452. The summed E-state index contributed by atoms with van der Waals surface area (Å²) in [5.41, 5.74) is 1.09. The summed E-state index contributed by atoms with van der Waals surface area (Å²) in [5.74, 6) is 1.10. The van der Waals surface area contributed by atoms with Gasteiger partial charge in [0.2, 0.25) is 5.95 Å². The number of aromatic nitrogens is 3. The number of aryl methyl sites for hydroxylation is 1. The van der Waals surface area contributed by atoms with Gasteiger partial charge in [-0.2, -0.15) is 10.2 Å². The van der Waals surface area contributed by atoms with Crippen LogP contribution in [0.2, 0.25) is 5.02 Å². The van der Waals surface area contributed by atoms with E-state index in [9.17, 15) is 14.9 Å². The van der Waals surface area contributed by atoms with Crippen LogP contribution in [0.25, 0.3) is 22.2 Å². The average Bonchev–Trinajstić information content (AvgIpc) is 3.00. The number of pyridine rings is 1. The van der Waals surface area contributed by atoms with E-state index in [2.05, 4.69) is 26.3 Å². The molecule has 12 heteroatoms. The molecule has 4 rings (SSSR count). The molecule has 1 saturated heterocycles. The third-order valence-electron chi connectivity index (χ3n) is 7.25. The van der Waals surface area contributed by atoms with Gasteiger partial charge in [-0.1, -0.05) is 38.4 Å². The molecule has 0 spiro atoms. The van der Waals surface area contributed by atoms with Crippen molar-refractivity contribution < 1.29 is 14.3 Å². The number of carbonyl (C=O) groups is 1. The number of halogens is 1. The van der Waals surface area contributed by atoms with Crippen LogP contribution < -0.4 is 20.3 Å². The van der Waals surface area contributed by atoms with Crippen molar-refractivity contribution in [3.8, 4) is 28.7 Å². The highest BCUT2D eigenvalue weighted by molar-refractivity contribution is 6.35. The molecule has 3 heterocycles. The van der Waals surface area contributed by atoms with Gasteiger partial charge in [-0.15, -0.1) is 0 Å². The average molecular weight is 608 g/mol. The number of benzene rings is 1. The standard InChI is InChI=1S/C31H38ClN7O4/c1-31(2,3)17-21(18-33)28(40)38-12-10-37(11-13-38)8-7-9-39-27-20(19-35-30(34-4)36-27)14-24(29(39)41)23-15-22(42-5)16-25(43-6)26(23)32/h14-17,19H,7-13H2,1-6H3,(H,34,35,36)/b21-17-. The molecule has 1 amide bonds. The van der Waals surface area contributed by atoms with E-state index in [1.165, 1.54) is 7.11 Å². The zero-order valence-corrected chi connectivity index (χ0v) is 26.3. The van der Waals surface area contributed by atoms with Gasteiger partial charge in [0.1, 0.15) is 28.8 Å². The van der Waals surface area contributed by atoms with E-state index in [1.807, 2.05) is 20.8 Å². The van der Waals surface area contributed by atoms with Gasteiger partial charge in [0.15, 0.2) is 0 Å². The van der Waals surface area contributed by atoms with Gasteiger partial charge in [-0.25, -0.2) is 4.98 Å². The van der Waals surface area contributed by atoms with Crippen LogP contribution in [-0.2, 0) is 11.3 Å². The van der Waals surface area contributed by atoms with Crippen molar-refractivity contribution in [2.24, 2.45) is 5.41 Å². The van der Waals surface area contributed by atoms with Gasteiger partial charge in [0, 0.05) is 68.5 Å². The lowest BCUT2D eigenvalue weighted by molar-refractivity contribution is -0.128. The van der Waals surface area contributed by atoms with Crippen LogP contribution in [0.5, 0.6) is 11.5 Å². The summed E-state index contributed by atoms with van der Waals surface area (Å²) in [5, 5.41) is 13.5. The lowest BCUT2D eigenvalue weighted by Gasteiger charge is -2.34. The Morgan fingerprint density at radius 1 is 1.12 bits per heavy atom. The summed E-state index contributed by atoms with van der Waals surface area (Å²) >= 11 is 6.67. The number of hydrogen-bond acceptors (Lipinski definition) is 9. The number of piperazine rings is 1. The molecule has 1 fully saturated rings. The third kappa shape index (κ3) is 7.27. The number of ether oxygens (including phenoxy) is 2. The number of fused-ring (bicyclic) bond motifs is 1. The van der Waals surface area contributed by atoms with Crippen LogP contribution in [0, 0.1) is 16.7 Å². The molecule has 11 nitrogen and oxygen atoms in total. The predicted octanol–water partition coefficient (Wildman–Crippen LogP) is 4.20. The van der Waals surface area contributed by atoms with E-state index in [1.54, 1.807) is 54.1 Å². The molecular weight excluding hydrogens is 570 g/mol. The summed E-state index contributed by atoms with van der Waals surface area (Å²) < 4.78 is 12.5. The molecule has 0 radical (unpaired) electrons. The van der Waals surface area contributed by atoms with Crippen LogP contribution in [0.1, 0.15) is 27.2 Å². The molecule has 1 N–H and O–H groups in total. The monoisotopic (exact) mass is 607 g/mol. The Morgan fingerprint density at radius 3 is 2.44 bits per heavy atom. The number of nitriles is 1. The lowest BCUT2D eigenvalue weighted by Crippen LogP contribution is -2.49. The predicted molar refractivity (Wildman–Crippen MR) is 168 cm³/mol. The van der Waals surface area contributed by atoms with Crippen molar-refractivity contribution in [2.75, 3.05) is 59.3 Å². The largest absolute Gasteiger partial charge is 0.497 e. The molecular formula is C31H38ClN7O4. The Morgan fingerprint density at radius 2 is 1.84 bits per heavy atom. The number of allylic oxidation sites excluding steroid dienone is 1. The van der Waals surface area contributed by atoms with Crippen molar-refractivity contribution in [3.63, 3.8) is 0 Å². The van der Waals surface area contributed by atoms with E-state index in [0.717, 1.165) is 6.54 Å². The van der Waals surface area contributed by atoms with Crippen molar-refractivity contribution in [1.82, 2.24) is 24.3 Å². The first kappa shape index (κ1) is 31.8. The Balaban J connectivity index is 1.55. The summed E-state index contributed by atoms with van der Waals surface area (Å²) in [6.45, 7) is 9.47. The molecule has 1 aliphatic heterocycles. The normalized spacial score (nSPS) is 14.5. The smallest absolute Gasteiger partial charge is 0.264 e. The molecule has 1 aromatic carbocycles. The third-order valence-corrected chi connectivity index (χ3v) is 7.64. The highest BCUT2D eigenvalue weighted by atomic mass is 35.5. The zero-order valence-electron chi connectivity index (χ0n) is 25.5. The Bertz CT molecular complexity index is 1630. The van der Waals surface area contributed by atoms with E-state index < -0.39 is 0 Å². The number of rotatable bonds is 9. The molecule has 1 aliphatic rings. The number of methoxy groups -OCH3 is 2. The minimum absolute atomic E-state index is 0.184. The molecule has 0 unspecified atom stereocenters. The van der Waals surface area contributed by atoms with E-state index in [-0.39, 0.29) is 22.5 Å². The number of nitrogens with zero attached hydrogens (tertiary/aromatic N) is 6. The van der Waals surface area contributed by atoms with Gasteiger partial charge < -0.3 is 19.7 Å². The molecule has 0 aliphatic carbocycles. The van der Waals surface area contributed by atoms with Gasteiger partial charge >= 0.3 is 0 Å². The maximum absolute atomic E-state index is 14.0. The molecule has 0 atom stereocenters. The summed E-state index contributed by atoms with van der Waals surface area (Å²) in [4.78, 5) is 39.8. The first-order chi connectivity index (χ1) is 20.5. The SMILES string of the molecule is CNc1ncc2cc(-c3cc(OC)cc(OC)c3Cl)c(=O)n(CCCN3CCN(C(=O)/C(C#N)=C\C(C)(C)C)CC3)c2n1. The van der Waals surface area contributed by atoms with Crippen molar-refractivity contribution in [2.45, 2.75) is 33.7 Å². The van der Waals surface area contributed by atoms with Gasteiger partial charge in [0.05, 0.1) is 19.2 Å². The van der Waals surface area contributed by atoms with Crippen molar-refractivity contribution >= 4 is 34.5 Å². The summed E-state index contributed by atoms with van der Waals surface area (Å²) in [6.07, 6.45) is 4.09. The zero-order chi connectivity index (χ0) is 31.3. The van der Waals surface area contributed by atoms with Crippen LogP contribution in [0.4, 0.5) is 5.95 Å². The fourth-order valence-electron chi connectivity index (χ4n) is 5.09. The minimum atomic E-state index is -0.259. The minimum Gasteiger partial charge on any atom is -0.497 e. The Hall–Kier alpha value is -4.14. The second-order valence-corrected chi connectivity index (χ2v) is 11.8. The van der Waals surface area contributed by atoms with Crippen LogP contribution in [0.15, 0.2) is 40.8 Å². The summed E-state index contributed by atoms with van der Waals surface area (Å²) in [7, 11) is 4.78. The maximum Gasteiger partial charge on any atom is 0.264 e. The van der Waals surface area contributed by atoms with E-state index in [0.29, 0.717) is 83.8 Å². The fourth-order valence-corrected chi connectivity index (χ4v) is 5.38. The van der Waals surface area contributed by atoms with E-state index in [4.69, 9.17) is 21.1 Å². The first-order valence-corrected chi connectivity index (χ1v) is 14.5. The topological polar surface area (TPSA) is 126 Å². The molecule has 0 bridgehead atoms. The number of anilines is 1. The Kier molecular flexibility index (Phi) is 9.94. The number of carbonyl (C=O) groups excluding carboxylic acids is 1. The molecule has 2 aromatic heterocycles.